The van der Waals surface area contributed by atoms with Gasteiger partial charge in [-0.2, -0.15) is 13.2 Å². The zero-order chi connectivity index (χ0) is 42.8. The maximum Gasteiger partial charge on any atom is 0.437 e. The van der Waals surface area contributed by atoms with Gasteiger partial charge in [0.2, 0.25) is 21.8 Å². The third kappa shape index (κ3) is 8.14. The van der Waals surface area contributed by atoms with Crippen LogP contribution in [0.25, 0.3) is 10.9 Å². The van der Waals surface area contributed by atoms with Crippen molar-refractivity contribution < 1.29 is 55.0 Å². The lowest BCUT2D eigenvalue weighted by Crippen LogP contribution is -2.68. The summed E-state index contributed by atoms with van der Waals surface area (Å²) in [5.41, 5.74) is -5.50. The number of aromatic nitrogens is 1. The van der Waals surface area contributed by atoms with Crippen LogP contribution in [-0.4, -0.2) is 89.3 Å². The second-order valence-electron chi connectivity index (χ2n) is 17.3. The van der Waals surface area contributed by atoms with Crippen molar-refractivity contribution in [3.8, 4) is 23.3 Å². The molecule has 59 heavy (non-hydrogen) atoms. The van der Waals surface area contributed by atoms with Crippen LogP contribution in [0.2, 0.25) is 0 Å². The number of hydrogen-bond acceptors (Lipinski definition) is 10. The normalized spacial score (nSPS) is 28.4. The van der Waals surface area contributed by atoms with Gasteiger partial charge in [-0.05, 0) is 90.8 Å². The molecule has 1 saturated heterocycles. The highest BCUT2D eigenvalue weighted by molar-refractivity contribution is 7.91. The van der Waals surface area contributed by atoms with E-state index in [1.165, 1.54) is 26.2 Å². The van der Waals surface area contributed by atoms with Gasteiger partial charge >= 0.3 is 12.3 Å². The number of hydrogen-bond donors (Lipinski definition) is 3. The molecule has 5 aliphatic rings. The number of rotatable bonds is 5. The van der Waals surface area contributed by atoms with E-state index in [-0.39, 0.29) is 43.3 Å². The summed E-state index contributed by atoms with van der Waals surface area (Å²) in [6.07, 6.45) is 0.510. The van der Waals surface area contributed by atoms with Crippen molar-refractivity contribution in [2.45, 2.75) is 132 Å². The van der Waals surface area contributed by atoms with Crippen molar-refractivity contribution in [1.29, 1.82) is 0 Å². The van der Waals surface area contributed by atoms with E-state index in [2.05, 4.69) is 32.2 Å². The van der Waals surface area contributed by atoms with E-state index in [0.717, 1.165) is 4.90 Å². The number of ether oxygens (including phenoxy) is 3. The van der Waals surface area contributed by atoms with E-state index in [4.69, 9.17) is 14.2 Å². The summed E-state index contributed by atoms with van der Waals surface area (Å²) in [5.74, 6) is 1.77. The van der Waals surface area contributed by atoms with Crippen LogP contribution in [0.1, 0.15) is 96.7 Å². The molecule has 0 bridgehead atoms. The van der Waals surface area contributed by atoms with Crippen LogP contribution in [0.4, 0.5) is 18.0 Å². The Morgan fingerprint density at radius 3 is 2.49 bits per heavy atom. The summed E-state index contributed by atoms with van der Waals surface area (Å²) in [7, 11) is -2.75. The number of nitrogens with zero attached hydrogens (tertiary/aromatic N) is 2. The summed E-state index contributed by atoms with van der Waals surface area (Å²) in [5, 5.41) is 5.71. The van der Waals surface area contributed by atoms with Crippen molar-refractivity contribution in [2.24, 2.45) is 5.92 Å². The molecule has 1 aromatic carbocycles. The Balaban J connectivity index is 1.29. The minimum absolute atomic E-state index is 0.0435. The predicted octanol–water partition coefficient (Wildman–Crippen LogP) is 4.83. The van der Waals surface area contributed by atoms with Crippen LogP contribution < -0.4 is 24.8 Å². The molecule has 3 N–H and O–H groups in total. The van der Waals surface area contributed by atoms with Crippen LogP contribution in [0.5, 0.6) is 11.5 Å². The molecule has 7 rings (SSSR count). The van der Waals surface area contributed by atoms with Crippen molar-refractivity contribution in [3.63, 3.8) is 0 Å². The summed E-state index contributed by atoms with van der Waals surface area (Å²) >= 11 is 0. The second kappa shape index (κ2) is 14.9. The van der Waals surface area contributed by atoms with E-state index in [9.17, 15) is 40.8 Å². The number of fused-ring (bicyclic) bond motifs is 5. The second-order valence-corrected chi connectivity index (χ2v) is 19.5. The number of carbonyl (C=O) groups is 4. The van der Waals surface area contributed by atoms with Gasteiger partial charge in [-0.1, -0.05) is 36.8 Å². The Bertz CT molecular complexity index is 2300. The monoisotopic (exact) mass is 843 g/mol. The topological polar surface area (TPSA) is 182 Å². The van der Waals surface area contributed by atoms with Crippen LogP contribution in [0.3, 0.4) is 0 Å². The number of halogens is 3. The smallest absolute Gasteiger partial charge is 0.437 e. The molecule has 1 spiro atoms. The first-order valence-corrected chi connectivity index (χ1v) is 21.2. The lowest BCUT2D eigenvalue weighted by molar-refractivity contribution is -0.144. The predicted molar refractivity (Wildman–Crippen MR) is 207 cm³/mol. The third-order valence-corrected chi connectivity index (χ3v) is 13.9. The first-order chi connectivity index (χ1) is 27.6. The Morgan fingerprint density at radius 2 is 1.85 bits per heavy atom. The fourth-order valence-corrected chi connectivity index (χ4v) is 9.38. The summed E-state index contributed by atoms with van der Waals surface area (Å²) in [6, 6.07) is 1.82. The molecule has 2 fully saturated rings. The maximum atomic E-state index is 14.8. The lowest BCUT2D eigenvalue weighted by atomic mass is 9.75. The molecule has 18 heteroatoms. The summed E-state index contributed by atoms with van der Waals surface area (Å²) in [6.45, 7) is 6.10. The van der Waals surface area contributed by atoms with E-state index in [1.54, 1.807) is 39.0 Å². The number of sulfonamides is 1. The number of pyridine rings is 1. The number of alkyl carbamates (subject to hydrolysis) is 1. The molecule has 5 atom stereocenters. The van der Waals surface area contributed by atoms with Gasteiger partial charge in [0.15, 0.2) is 17.0 Å². The number of carbonyl (C=O) groups excluding carboxylic acids is 4. The summed E-state index contributed by atoms with van der Waals surface area (Å²) in [4.78, 5) is 61.7. The van der Waals surface area contributed by atoms with Gasteiger partial charge in [-0.25, -0.2) is 22.9 Å². The van der Waals surface area contributed by atoms with Crippen LogP contribution in [0.15, 0.2) is 30.4 Å². The molecule has 318 valence electrons. The fraction of sp³-hybridized carbons (Fsp3) is 0.585. The zero-order valence-corrected chi connectivity index (χ0v) is 34.3. The number of methoxy groups -OCH3 is 1. The van der Waals surface area contributed by atoms with Crippen molar-refractivity contribution in [1.82, 2.24) is 25.2 Å². The molecular weight excluding hydrogens is 796 g/mol. The number of alkyl halides is 3. The van der Waals surface area contributed by atoms with Gasteiger partial charge in [0.25, 0.3) is 5.91 Å². The Morgan fingerprint density at radius 1 is 1.10 bits per heavy atom. The molecular formula is C41H48F3N5O9S. The Kier molecular flexibility index (Phi) is 10.6. The molecule has 4 heterocycles. The fourth-order valence-electron chi connectivity index (χ4n) is 8.09. The molecule has 0 radical (unpaired) electrons. The number of allylic oxidation sites excluding steroid dienone is 1. The molecule has 1 saturated carbocycles. The van der Waals surface area contributed by atoms with Crippen LogP contribution >= 0.6 is 0 Å². The average molecular weight is 844 g/mol. The quantitative estimate of drug-likeness (QED) is 0.279. The zero-order valence-electron chi connectivity index (χ0n) is 33.5. The molecule has 4 amide bonds. The van der Waals surface area contributed by atoms with Gasteiger partial charge in [-0.15, -0.1) is 0 Å². The molecule has 2 aliphatic carbocycles. The largest absolute Gasteiger partial charge is 0.497 e. The maximum absolute atomic E-state index is 14.8. The highest BCUT2D eigenvalue weighted by Gasteiger charge is 2.59. The van der Waals surface area contributed by atoms with Gasteiger partial charge in [-0.3, -0.25) is 14.4 Å². The number of nitrogens with one attached hydrogen (secondary N) is 3. The molecule has 0 unspecified atom stereocenters. The van der Waals surface area contributed by atoms with E-state index >= 15 is 0 Å². The highest BCUT2D eigenvalue weighted by Crippen LogP contribution is 2.49. The van der Waals surface area contributed by atoms with Crippen molar-refractivity contribution in [3.05, 3.63) is 41.6 Å². The SMILES string of the molecule is COc1ccc2nc(C(F)(F)F)c3c(c2c1)CC[C@]1(C[C@H]2C(=O)N[C@]4(C(=O)NS(=O)(=O)C5(C)CC5)C#C[C@H]4/C=C\CCCCC[C@H](NC(=O)OC(C)(C)C)C(=O)N2C1)O3. The van der Waals surface area contributed by atoms with Gasteiger partial charge in [0.1, 0.15) is 29.0 Å². The van der Waals surface area contributed by atoms with E-state index < -0.39 is 90.9 Å². The van der Waals surface area contributed by atoms with E-state index in [1.807, 2.05) is 0 Å². The molecule has 1 aromatic heterocycles. The Hall–Kier alpha value is -5.05. The van der Waals surface area contributed by atoms with Gasteiger partial charge in [0, 0.05) is 17.4 Å². The minimum atomic E-state index is -4.95. The molecule has 3 aliphatic heterocycles. The minimum Gasteiger partial charge on any atom is -0.497 e. The standard InChI is InChI=1S/C41H48F3N5O9S/c1-37(2,3)58-36(53)46-29-12-10-8-6-7-9-11-24-15-18-40(24,35(52)48-59(54,55)38(4)19-20-38)47-33(50)30-22-39(23-49(30)34(29)51)17-16-26-27-21-25(56-5)13-14-28(27)45-32(31(26)57-39)41(42,43)44/h9,11,13-14,21,24,29-30H,6-8,10,12,16-17,19-20,22-23H2,1-5H3,(H,46,53)(H,47,50)(H,48,52)/b11-9-/t24-,29+,30+,39-,40-/m1/s1. The van der Waals surface area contributed by atoms with Crippen LogP contribution in [-0.2, 0) is 41.7 Å². The van der Waals surface area contributed by atoms with Crippen molar-refractivity contribution in [2.75, 3.05) is 13.7 Å². The number of benzene rings is 1. The third-order valence-electron chi connectivity index (χ3n) is 11.7. The molecule has 14 nitrogen and oxygen atoms in total. The first kappa shape index (κ1) is 42.1. The van der Waals surface area contributed by atoms with Gasteiger partial charge in [0.05, 0.1) is 29.8 Å². The Labute approximate surface area is 340 Å². The summed E-state index contributed by atoms with van der Waals surface area (Å²) < 4.78 is 88.9. The highest BCUT2D eigenvalue weighted by atomic mass is 32.2. The average Bonchev–Trinajstić information content (AvgIpc) is 3.81. The molecule has 2 aromatic rings. The van der Waals surface area contributed by atoms with Crippen molar-refractivity contribution >= 4 is 44.7 Å². The lowest BCUT2D eigenvalue weighted by Gasteiger charge is -2.38. The number of amides is 4. The first-order valence-electron chi connectivity index (χ1n) is 19.7. The van der Waals surface area contributed by atoms with Crippen LogP contribution in [0, 0.1) is 17.8 Å². The van der Waals surface area contributed by atoms with E-state index in [0.29, 0.717) is 49.7 Å². The van der Waals surface area contributed by atoms with Gasteiger partial charge < -0.3 is 29.7 Å². The number of aryl methyl sites for hydroxylation is 1.